The molecule has 1 amide bonds. The molecule has 0 N–H and O–H groups in total. The first-order valence-corrected chi connectivity index (χ1v) is 11.9. The average Bonchev–Trinajstić information content (AvgIpc) is 2.84. The highest BCUT2D eigenvalue weighted by Crippen LogP contribution is 2.23. The van der Waals surface area contributed by atoms with Crippen molar-refractivity contribution in [3.63, 3.8) is 0 Å². The lowest BCUT2D eigenvalue weighted by atomic mass is 10.1. The molecule has 0 bridgehead atoms. The molecule has 0 spiro atoms. The average molecular weight is 474 g/mol. The van der Waals surface area contributed by atoms with Gasteiger partial charge in [-0.2, -0.15) is 0 Å². The second-order valence-electron chi connectivity index (χ2n) is 8.21. The van der Waals surface area contributed by atoms with Crippen LogP contribution < -0.4 is 10.3 Å². The first kappa shape index (κ1) is 23.6. The molecule has 3 aromatic carbocycles. The number of hydrogen-bond donors (Lipinski definition) is 0. The van der Waals surface area contributed by atoms with Crippen molar-refractivity contribution in [1.29, 1.82) is 0 Å². The molecular weight excluding hydrogens is 446 g/mol. The third-order valence-electron chi connectivity index (χ3n) is 5.80. The van der Waals surface area contributed by atoms with Gasteiger partial charge in [-0.3, -0.25) is 14.2 Å². The van der Waals surface area contributed by atoms with Crippen LogP contribution in [0.5, 0.6) is 5.75 Å². The summed E-state index contributed by atoms with van der Waals surface area (Å²) < 4.78 is 6.88. The molecule has 7 heteroatoms. The smallest absolute Gasteiger partial charge is 0.266 e. The molecule has 4 rings (SSSR count). The fourth-order valence-electron chi connectivity index (χ4n) is 3.67. The minimum atomic E-state index is -0.145. The Balaban J connectivity index is 1.62. The molecule has 6 nitrogen and oxygen atoms in total. The van der Waals surface area contributed by atoms with Crippen molar-refractivity contribution < 1.29 is 9.53 Å². The third-order valence-corrected chi connectivity index (χ3v) is 6.72. The van der Waals surface area contributed by atoms with Crippen LogP contribution in [0.15, 0.2) is 76.7 Å². The van der Waals surface area contributed by atoms with Gasteiger partial charge in [0.1, 0.15) is 5.75 Å². The van der Waals surface area contributed by atoms with E-state index in [1.54, 1.807) is 29.7 Å². The normalized spacial score (nSPS) is 10.9. The zero-order valence-electron chi connectivity index (χ0n) is 19.7. The SMILES string of the molecule is COc1cccc(CN(C)C(=O)CSc2nc3ccccc3c(=O)n2-c2ccc(C)c(C)c2)c1. The lowest BCUT2D eigenvalue weighted by Gasteiger charge is -2.18. The molecule has 0 saturated heterocycles. The number of fused-ring (bicyclic) bond motifs is 1. The van der Waals surface area contributed by atoms with Crippen molar-refractivity contribution in [2.24, 2.45) is 0 Å². The highest BCUT2D eigenvalue weighted by atomic mass is 32.2. The summed E-state index contributed by atoms with van der Waals surface area (Å²) in [5.41, 5.74) is 4.43. The van der Waals surface area contributed by atoms with E-state index in [-0.39, 0.29) is 17.2 Å². The van der Waals surface area contributed by atoms with Gasteiger partial charge in [0.2, 0.25) is 5.91 Å². The van der Waals surface area contributed by atoms with Gasteiger partial charge in [-0.1, -0.05) is 42.1 Å². The Hall–Kier alpha value is -3.58. The number of nitrogens with zero attached hydrogens (tertiary/aromatic N) is 3. The number of carbonyl (C=O) groups excluding carboxylic acids is 1. The van der Waals surface area contributed by atoms with Crippen LogP contribution in [0.4, 0.5) is 0 Å². The maximum atomic E-state index is 13.4. The van der Waals surface area contributed by atoms with Gasteiger partial charge in [0.15, 0.2) is 5.16 Å². The molecule has 0 radical (unpaired) electrons. The van der Waals surface area contributed by atoms with E-state index in [1.165, 1.54) is 11.8 Å². The second kappa shape index (κ2) is 10.1. The van der Waals surface area contributed by atoms with Crippen molar-refractivity contribution in [1.82, 2.24) is 14.5 Å². The monoisotopic (exact) mass is 473 g/mol. The lowest BCUT2D eigenvalue weighted by molar-refractivity contribution is -0.127. The molecule has 0 unspecified atom stereocenters. The highest BCUT2D eigenvalue weighted by molar-refractivity contribution is 7.99. The van der Waals surface area contributed by atoms with Crippen LogP contribution in [0.2, 0.25) is 0 Å². The number of carbonyl (C=O) groups is 1. The number of ether oxygens (including phenoxy) is 1. The summed E-state index contributed by atoms with van der Waals surface area (Å²) in [6.07, 6.45) is 0. The summed E-state index contributed by atoms with van der Waals surface area (Å²) in [7, 11) is 3.39. The van der Waals surface area contributed by atoms with E-state index >= 15 is 0 Å². The standard InChI is InChI=1S/C27H27N3O3S/c1-18-12-13-21(14-19(18)2)30-26(32)23-10-5-6-11-24(23)28-27(30)34-17-25(31)29(3)16-20-8-7-9-22(15-20)33-4/h5-15H,16-17H2,1-4H3. The van der Waals surface area contributed by atoms with Gasteiger partial charge in [-0.15, -0.1) is 0 Å². The van der Waals surface area contributed by atoms with Crippen LogP contribution in [0.3, 0.4) is 0 Å². The first-order valence-electron chi connectivity index (χ1n) is 11.0. The third kappa shape index (κ3) is 4.99. The second-order valence-corrected chi connectivity index (χ2v) is 9.15. The van der Waals surface area contributed by atoms with Gasteiger partial charge in [0.25, 0.3) is 5.56 Å². The maximum absolute atomic E-state index is 13.4. The molecule has 0 aliphatic carbocycles. The molecule has 1 heterocycles. The predicted octanol–water partition coefficient (Wildman–Crippen LogP) is 4.76. The van der Waals surface area contributed by atoms with Crippen LogP contribution in [-0.2, 0) is 11.3 Å². The van der Waals surface area contributed by atoms with E-state index in [0.29, 0.717) is 22.6 Å². The summed E-state index contributed by atoms with van der Waals surface area (Å²) in [4.78, 5) is 32.8. The zero-order valence-corrected chi connectivity index (χ0v) is 20.6. The van der Waals surface area contributed by atoms with E-state index < -0.39 is 0 Å². The topological polar surface area (TPSA) is 64.4 Å². The van der Waals surface area contributed by atoms with E-state index in [0.717, 1.165) is 28.1 Å². The summed E-state index contributed by atoms with van der Waals surface area (Å²) in [6.45, 7) is 4.51. The van der Waals surface area contributed by atoms with E-state index in [2.05, 4.69) is 0 Å². The molecule has 0 aliphatic rings. The Kier molecular flexibility index (Phi) is 7.03. The lowest BCUT2D eigenvalue weighted by Crippen LogP contribution is -2.28. The number of amides is 1. The number of benzene rings is 3. The molecule has 0 atom stereocenters. The van der Waals surface area contributed by atoms with Crippen LogP contribution in [-0.4, -0.2) is 40.3 Å². The number of thioether (sulfide) groups is 1. The fraction of sp³-hybridized carbons (Fsp3) is 0.222. The molecule has 0 aliphatic heterocycles. The predicted molar refractivity (Wildman–Crippen MR) is 137 cm³/mol. The first-order chi connectivity index (χ1) is 16.4. The van der Waals surface area contributed by atoms with Crippen molar-refractivity contribution in [3.05, 3.63) is 93.8 Å². The van der Waals surface area contributed by atoms with Crippen molar-refractivity contribution in [3.8, 4) is 11.4 Å². The molecule has 1 aromatic heterocycles. The maximum Gasteiger partial charge on any atom is 0.266 e. The fourth-order valence-corrected chi connectivity index (χ4v) is 4.62. The summed E-state index contributed by atoms with van der Waals surface area (Å²) in [5, 5.41) is 1.04. The molecular formula is C27H27N3O3S. The number of methoxy groups -OCH3 is 1. The molecule has 0 fully saturated rings. The number of aromatic nitrogens is 2. The van der Waals surface area contributed by atoms with Crippen LogP contribution in [0, 0.1) is 13.8 Å². The number of para-hydroxylation sites is 1. The summed E-state index contributed by atoms with van der Waals surface area (Å²) in [5.74, 6) is 0.864. The minimum Gasteiger partial charge on any atom is -0.497 e. The van der Waals surface area contributed by atoms with Crippen molar-refractivity contribution in [2.45, 2.75) is 25.5 Å². The van der Waals surface area contributed by atoms with Gasteiger partial charge in [0, 0.05) is 13.6 Å². The van der Waals surface area contributed by atoms with Crippen LogP contribution in [0.1, 0.15) is 16.7 Å². The van der Waals surface area contributed by atoms with Gasteiger partial charge < -0.3 is 9.64 Å². The Morgan fingerprint density at radius 3 is 2.59 bits per heavy atom. The Morgan fingerprint density at radius 2 is 1.82 bits per heavy atom. The summed E-state index contributed by atoms with van der Waals surface area (Å²) >= 11 is 1.27. The number of rotatable bonds is 7. The van der Waals surface area contributed by atoms with Gasteiger partial charge >= 0.3 is 0 Å². The zero-order chi connectivity index (χ0) is 24.2. The molecule has 4 aromatic rings. The Morgan fingerprint density at radius 1 is 1.03 bits per heavy atom. The highest BCUT2D eigenvalue weighted by Gasteiger charge is 2.17. The molecule has 0 saturated carbocycles. The van der Waals surface area contributed by atoms with Gasteiger partial charge in [-0.25, -0.2) is 4.98 Å². The van der Waals surface area contributed by atoms with Crippen LogP contribution in [0.25, 0.3) is 16.6 Å². The largest absolute Gasteiger partial charge is 0.497 e. The quantitative estimate of drug-likeness (QED) is 0.286. The van der Waals surface area contributed by atoms with Gasteiger partial charge in [0.05, 0.1) is 29.5 Å². The molecule has 34 heavy (non-hydrogen) atoms. The van der Waals surface area contributed by atoms with E-state index in [9.17, 15) is 9.59 Å². The minimum absolute atomic E-state index is 0.0538. The summed E-state index contributed by atoms with van der Waals surface area (Å²) in [6, 6.07) is 20.8. The number of hydrogen-bond acceptors (Lipinski definition) is 5. The van der Waals surface area contributed by atoms with Gasteiger partial charge in [-0.05, 0) is 66.9 Å². The molecule has 174 valence electrons. The van der Waals surface area contributed by atoms with Crippen LogP contribution >= 0.6 is 11.8 Å². The van der Waals surface area contributed by atoms with Crippen molar-refractivity contribution in [2.75, 3.05) is 19.9 Å². The Labute approximate surface area is 203 Å². The Bertz CT molecular complexity index is 1410. The van der Waals surface area contributed by atoms with E-state index in [1.807, 2.05) is 74.5 Å². The number of aryl methyl sites for hydroxylation is 2. The van der Waals surface area contributed by atoms with Crippen molar-refractivity contribution >= 4 is 28.6 Å². The van der Waals surface area contributed by atoms with E-state index in [4.69, 9.17) is 9.72 Å².